The summed E-state index contributed by atoms with van der Waals surface area (Å²) in [6.07, 6.45) is 3.91. The molecule has 0 aliphatic heterocycles. The summed E-state index contributed by atoms with van der Waals surface area (Å²) >= 11 is 0. The first-order valence-corrected chi connectivity index (χ1v) is 8.69. The molecular weight excluding hydrogens is 288 g/mol. The zero-order valence-corrected chi connectivity index (χ0v) is 15.0. The largest absolute Gasteiger partial charge is 0.342 e. The Morgan fingerprint density at radius 2 is 1.43 bits per heavy atom. The van der Waals surface area contributed by atoms with Crippen LogP contribution in [0.1, 0.15) is 67.2 Å². The maximum absolute atomic E-state index is 12.6. The SMILES string of the molecule is CCCCN(C)C(=O)c1cccc(C(=O)N(CCC)CCC)c1. The lowest BCUT2D eigenvalue weighted by molar-refractivity contribution is 0.0755. The van der Waals surface area contributed by atoms with Crippen molar-refractivity contribution in [1.82, 2.24) is 9.80 Å². The average molecular weight is 318 g/mol. The van der Waals surface area contributed by atoms with Gasteiger partial charge in [0, 0.05) is 37.8 Å². The van der Waals surface area contributed by atoms with Crippen molar-refractivity contribution in [2.24, 2.45) is 0 Å². The second-order valence-electron chi connectivity index (χ2n) is 5.95. The van der Waals surface area contributed by atoms with Gasteiger partial charge in [0.25, 0.3) is 11.8 Å². The molecule has 0 unspecified atom stereocenters. The number of rotatable bonds is 9. The van der Waals surface area contributed by atoms with Crippen LogP contribution in [0.25, 0.3) is 0 Å². The van der Waals surface area contributed by atoms with Gasteiger partial charge < -0.3 is 9.80 Å². The third kappa shape index (κ3) is 5.70. The molecule has 23 heavy (non-hydrogen) atoms. The van der Waals surface area contributed by atoms with Crippen molar-refractivity contribution in [2.45, 2.75) is 46.5 Å². The van der Waals surface area contributed by atoms with Crippen molar-refractivity contribution in [3.05, 3.63) is 35.4 Å². The number of benzene rings is 1. The van der Waals surface area contributed by atoms with Gasteiger partial charge in [-0.25, -0.2) is 0 Å². The predicted molar refractivity (Wildman–Crippen MR) is 94.8 cm³/mol. The fourth-order valence-electron chi connectivity index (χ4n) is 2.54. The first kappa shape index (κ1) is 19.2. The topological polar surface area (TPSA) is 40.6 Å². The van der Waals surface area contributed by atoms with E-state index in [0.717, 1.165) is 45.3 Å². The number of hydrogen-bond donors (Lipinski definition) is 0. The molecule has 0 spiro atoms. The van der Waals surface area contributed by atoms with Gasteiger partial charge in [0.05, 0.1) is 0 Å². The lowest BCUT2D eigenvalue weighted by Crippen LogP contribution is -2.33. The molecule has 4 nitrogen and oxygen atoms in total. The molecule has 0 atom stereocenters. The maximum Gasteiger partial charge on any atom is 0.253 e. The molecule has 1 rings (SSSR count). The third-order valence-corrected chi connectivity index (χ3v) is 3.82. The minimum Gasteiger partial charge on any atom is -0.342 e. The van der Waals surface area contributed by atoms with Crippen LogP contribution in [0.15, 0.2) is 24.3 Å². The van der Waals surface area contributed by atoms with Gasteiger partial charge in [-0.15, -0.1) is 0 Å². The Hall–Kier alpha value is -1.84. The van der Waals surface area contributed by atoms with Crippen molar-refractivity contribution < 1.29 is 9.59 Å². The summed E-state index contributed by atoms with van der Waals surface area (Å²) in [4.78, 5) is 28.7. The van der Waals surface area contributed by atoms with E-state index in [4.69, 9.17) is 0 Å². The van der Waals surface area contributed by atoms with Gasteiger partial charge in [-0.05, 0) is 37.5 Å². The van der Waals surface area contributed by atoms with Crippen molar-refractivity contribution in [1.29, 1.82) is 0 Å². The molecule has 4 heteroatoms. The molecule has 0 aromatic heterocycles. The average Bonchev–Trinajstić information content (AvgIpc) is 2.58. The number of amides is 2. The van der Waals surface area contributed by atoms with Gasteiger partial charge >= 0.3 is 0 Å². The van der Waals surface area contributed by atoms with Crippen LogP contribution in [0.3, 0.4) is 0 Å². The zero-order valence-electron chi connectivity index (χ0n) is 15.0. The second-order valence-corrected chi connectivity index (χ2v) is 5.95. The first-order valence-electron chi connectivity index (χ1n) is 8.69. The van der Waals surface area contributed by atoms with Crippen molar-refractivity contribution in [2.75, 3.05) is 26.7 Å². The summed E-state index contributed by atoms with van der Waals surface area (Å²) in [6.45, 7) is 8.48. The Labute approximate surface area is 140 Å². The quantitative estimate of drug-likeness (QED) is 0.694. The summed E-state index contributed by atoms with van der Waals surface area (Å²) in [5, 5.41) is 0. The summed E-state index contributed by atoms with van der Waals surface area (Å²) in [5.41, 5.74) is 1.18. The minimum atomic E-state index is -0.0226. The van der Waals surface area contributed by atoms with Gasteiger partial charge in [-0.3, -0.25) is 9.59 Å². The number of carbonyl (C=O) groups excluding carboxylic acids is 2. The van der Waals surface area contributed by atoms with E-state index in [1.807, 2.05) is 11.9 Å². The highest BCUT2D eigenvalue weighted by atomic mass is 16.2. The van der Waals surface area contributed by atoms with E-state index in [2.05, 4.69) is 20.8 Å². The molecule has 0 fully saturated rings. The summed E-state index contributed by atoms with van der Waals surface area (Å²) in [7, 11) is 1.81. The third-order valence-electron chi connectivity index (χ3n) is 3.82. The monoisotopic (exact) mass is 318 g/mol. The molecule has 1 aromatic carbocycles. The Kier molecular flexibility index (Phi) is 8.38. The molecule has 0 saturated heterocycles. The highest BCUT2D eigenvalue weighted by Gasteiger charge is 2.17. The Bertz CT molecular complexity index is 508. The fraction of sp³-hybridized carbons (Fsp3) is 0.579. The van der Waals surface area contributed by atoms with E-state index in [1.54, 1.807) is 29.2 Å². The predicted octanol–water partition coefficient (Wildman–Crippen LogP) is 3.82. The van der Waals surface area contributed by atoms with Gasteiger partial charge in [0.2, 0.25) is 0 Å². The number of unbranched alkanes of at least 4 members (excludes halogenated alkanes) is 1. The molecule has 0 radical (unpaired) electrons. The normalized spacial score (nSPS) is 10.4. The van der Waals surface area contributed by atoms with Crippen molar-refractivity contribution >= 4 is 11.8 Å². The van der Waals surface area contributed by atoms with Crippen LogP contribution in [-0.4, -0.2) is 48.3 Å². The smallest absolute Gasteiger partial charge is 0.253 e. The molecule has 1 aromatic rings. The first-order chi connectivity index (χ1) is 11.0. The lowest BCUT2D eigenvalue weighted by atomic mass is 10.1. The summed E-state index contributed by atoms with van der Waals surface area (Å²) < 4.78 is 0. The van der Waals surface area contributed by atoms with E-state index >= 15 is 0 Å². The van der Waals surface area contributed by atoms with Gasteiger partial charge in [-0.2, -0.15) is 0 Å². The molecule has 0 heterocycles. The molecule has 0 N–H and O–H groups in total. The van der Waals surface area contributed by atoms with E-state index in [9.17, 15) is 9.59 Å². The second kappa shape index (κ2) is 10.0. The van der Waals surface area contributed by atoms with Crippen molar-refractivity contribution in [3.63, 3.8) is 0 Å². The van der Waals surface area contributed by atoms with Gasteiger partial charge in [0.1, 0.15) is 0 Å². The van der Waals surface area contributed by atoms with Crippen molar-refractivity contribution in [3.8, 4) is 0 Å². The lowest BCUT2D eigenvalue weighted by Gasteiger charge is -2.22. The van der Waals surface area contributed by atoms with Crippen LogP contribution >= 0.6 is 0 Å². The molecule has 0 bridgehead atoms. The molecular formula is C19H30N2O2. The van der Waals surface area contributed by atoms with Gasteiger partial charge in [0.15, 0.2) is 0 Å². The molecule has 0 saturated carbocycles. The highest BCUT2D eigenvalue weighted by molar-refractivity contribution is 5.99. The van der Waals surface area contributed by atoms with E-state index in [1.165, 1.54) is 0 Å². The molecule has 0 aliphatic carbocycles. The van der Waals surface area contributed by atoms with E-state index in [-0.39, 0.29) is 11.8 Å². The Morgan fingerprint density at radius 1 is 0.870 bits per heavy atom. The van der Waals surface area contributed by atoms with Crippen LogP contribution in [-0.2, 0) is 0 Å². The number of carbonyl (C=O) groups is 2. The Balaban J connectivity index is 2.90. The summed E-state index contributed by atoms with van der Waals surface area (Å²) in [6, 6.07) is 7.10. The maximum atomic E-state index is 12.6. The van der Waals surface area contributed by atoms with Crippen LogP contribution in [0.2, 0.25) is 0 Å². The minimum absolute atomic E-state index is 0.0135. The molecule has 128 valence electrons. The molecule has 0 aliphatic rings. The fourth-order valence-corrected chi connectivity index (χ4v) is 2.54. The van der Waals surface area contributed by atoms with E-state index in [0.29, 0.717) is 11.1 Å². The van der Waals surface area contributed by atoms with Crippen LogP contribution in [0.4, 0.5) is 0 Å². The Morgan fingerprint density at radius 3 is 1.96 bits per heavy atom. The highest BCUT2D eigenvalue weighted by Crippen LogP contribution is 2.12. The van der Waals surface area contributed by atoms with Crippen LogP contribution in [0.5, 0.6) is 0 Å². The number of nitrogens with zero attached hydrogens (tertiary/aromatic N) is 2. The van der Waals surface area contributed by atoms with Gasteiger partial charge in [-0.1, -0.05) is 33.3 Å². The molecule has 2 amide bonds. The summed E-state index contributed by atoms with van der Waals surface area (Å²) in [5.74, 6) is -0.00908. The zero-order chi connectivity index (χ0) is 17.2. The van der Waals surface area contributed by atoms with Crippen LogP contribution < -0.4 is 0 Å². The van der Waals surface area contributed by atoms with E-state index < -0.39 is 0 Å². The standard InChI is InChI=1S/C19H30N2O2/c1-5-8-14-20(4)18(22)16-10-9-11-17(15-16)19(23)21(12-6-2)13-7-3/h9-11,15H,5-8,12-14H2,1-4H3. The number of hydrogen-bond acceptors (Lipinski definition) is 2. The van der Waals surface area contributed by atoms with Crippen LogP contribution in [0, 0.1) is 0 Å².